The van der Waals surface area contributed by atoms with E-state index in [1.54, 1.807) is 13.0 Å². The normalized spacial score (nSPS) is 10.1. The highest BCUT2D eigenvalue weighted by atomic mass is 19.1. The van der Waals surface area contributed by atoms with E-state index >= 15 is 0 Å². The minimum absolute atomic E-state index is 0.182. The van der Waals surface area contributed by atoms with Crippen LogP contribution < -0.4 is 0 Å². The zero-order chi connectivity index (χ0) is 11.5. The van der Waals surface area contributed by atoms with E-state index in [4.69, 9.17) is 0 Å². The van der Waals surface area contributed by atoms with Gasteiger partial charge in [-0.05, 0) is 36.8 Å². The van der Waals surface area contributed by atoms with Crippen LogP contribution in [0.15, 0.2) is 36.7 Å². The summed E-state index contributed by atoms with van der Waals surface area (Å²) in [4.78, 5) is 11.9. The standard InChI is InChI=1S/C12H9FN2O/c1-8-6-9(2-3-11(8)13)12(16)10-4-5-14-15-7-10/h2-7H,1H3. The van der Waals surface area contributed by atoms with Gasteiger partial charge in [-0.3, -0.25) is 4.79 Å². The monoisotopic (exact) mass is 216 g/mol. The minimum atomic E-state index is -0.315. The molecule has 4 heteroatoms. The Morgan fingerprint density at radius 3 is 2.62 bits per heavy atom. The van der Waals surface area contributed by atoms with Gasteiger partial charge in [-0.2, -0.15) is 10.2 Å². The highest BCUT2D eigenvalue weighted by Crippen LogP contribution is 2.12. The van der Waals surface area contributed by atoms with Gasteiger partial charge in [0.15, 0.2) is 5.78 Å². The van der Waals surface area contributed by atoms with Crippen LogP contribution in [0.3, 0.4) is 0 Å². The Morgan fingerprint density at radius 1 is 1.19 bits per heavy atom. The van der Waals surface area contributed by atoms with Crippen LogP contribution in [0, 0.1) is 12.7 Å². The molecule has 3 nitrogen and oxygen atoms in total. The molecule has 0 spiro atoms. The summed E-state index contributed by atoms with van der Waals surface area (Å²) in [7, 11) is 0. The molecule has 2 rings (SSSR count). The van der Waals surface area contributed by atoms with Crippen molar-refractivity contribution < 1.29 is 9.18 Å². The van der Waals surface area contributed by atoms with Crippen LogP contribution in [-0.2, 0) is 0 Å². The van der Waals surface area contributed by atoms with E-state index in [0.717, 1.165) is 0 Å². The summed E-state index contributed by atoms with van der Waals surface area (Å²) in [5.74, 6) is -0.498. The quantitative estimate of drug-likeness (QED) is 0.722. The van der Waals surface area contributed by atoms with Crippen molar-refractivity contribution in [3.63, 3.8) is 0 Å². The van der Waals surface area contributed by atoms with Crippen molar-refractivity contribution in [2.24, 2.45) is 0 Å². The summed E-state index contributed by atoms with van der Waals surface area (Å²) in [5, 5.41) is 7.22. The van der Waals surface area contributed by atoms with Gasteiger partial charge < -0.3 is 0 Å². The molecular weight excluding hydrogens is 207 g/mol. The number of benzene rings is 1. The molecule has 0 aliphatic heterocycles. The number of hydrogen-bond acceptors (Lipinski definition) is 3. The average Bonchev–Trinajstić information content (AvgIpc) is 2.33. The fraction of sp³-hybridized carbons (Fsp3) is 0.0833. The van der Waals surface area contributed by atoms with E-state index in [9.17, 15) is 9.18 Å². The second-order valence-electron chi connectivity index (χ2n) is 3.42. The lowest BCUT2D eigenvalue weighted by atomic mass is 10.0. The van der Waals surface area contributed by atoms with Crippen LogP contribution >= 0.6 is 0 Å². The third-order valence-corrected chi connectivity index (χ3v) is 2.27. The van der Waals surface area contributed by atoms with Crippen LogP contribution in [0.4, 0.5) is 4.39 Å². The van der Waals surface area contributed by atoms with Crippen molar-refractivity contribution in [1.82, 2.24) is 10.2 Å². The molecule has 1 aromatic carbocycles. The maximum absolute atomic E-state index is 13.0. The predicted molar refractivity (Wildman–Crippen MR) is 56.6 cm³/mol. The maximum atomic E-state index is 13.0. The zero-order valence-corrected chi connectivity index (χ0v) is 8.64. The second kappa shape index (κ2) is 4.18. The Balaban J connectivity index is 2.39. The minimum Gasteiger partial charge on any atom is -0.289 e. The number of carbonyl (C=O) groups is 1. The van der Waals surface area contributed by atoms with E-state index in [1.807, 2.05) is 0 Å². The zero-order valence-electron chi connectivity index (χ0n) is 8.64. The number of ketones is 1. The lowest BCUT2D eigenvalue weighted by Gasteiger charge is -2.02. The van der Waals surface area contributed by atoms with Gasteiger partial charge in [-0.1, -0.05) is 0 Å². The van der Waals surface area contributed by atoms with Crippen LogP contribution in [0.1, 0.15) is 21.5 Å². The summed E-state index contributed by atoms with van der Waals surface area (Å²) < 4.78 is 13.0. The maximum Gasteiger partial charge on any atom is 0.194 e. The van der Waals surface area contributed by atoms with Crippen molar-refractivity contribution >= 4 is 5.78 Å². The van der Waals surface area contributed by atoms with Crippen LogP contribution in [0.25, 0.3) is 0 Å². The topological polar surface area (TPSA) is 42.9 Å². The number of aromatic nitrogens is 2. The molecule has 0 aliphatic carbocycles. The van der Waals surface area contributed by atoms with Crippen LogP contribution in [-0.4, -0.2) is 16.0 Å². The van der Waals surface area contributed by atoms with Crippen molar-refractivity contribution in [1.29, 1.82) is 0 Å². The molecule has 0 radical (unpaired) electrons. The SMILES string of the molecule is Cc1cc(C(=O)c2ccnnc2)ccc1F. The molecule has 0 N–H and O–H groups in total. The first-order valence-corrected chi connectivity index (χ1v) is 4.76. The molecule has 80 valence electrons. The summed E-state index contributed by atoms with van der Waals surface area (Å²) in [6.45, 7) is 1.62. The highest BCUT2D eigenvalue weighted by molar-refractivity contribution is 6.08. The summed E-state index contributed by atoms with van der Waals surface area (Å²) >= 11 is 0. The number of halogens is 1. The first-order chi connectivity index (χ1) is 7.68. The molecule has 0 fully saturated rings. The molecule has 2 aromatic rings. The predicted octanol–water partition coefficient (Wildman–Crippen LogP) is 2.16. The summed E-state index contributed by atoms with van der Waals surface area (Å²) in [5.41, 5.74) is 1.35. The Kier molecular flexibility index (Phi) is 2.72. The van der Waals surface area contributed by atoms with E-state index < -0.39 is 0 Å². The van der Waals surface area contributed by atoms with Crippen LogP contribution in [0.2, 0.25) is 0 Å². The molecule has 0 aliphatic rings. The largest absolute Gasteiger partial charge is 0.289 e. The first-order valence-electron chi connectivity index (χ1n) is 4.76. The molecule has 16 heavy (non-hydrogen) atoms. The number of aryl methyl sites for hydroxylation is 1. The van der Waals surface area contributed by atoms with E-state index in [-0.39, 0.29) is 11.6 Å². The Labute approximate surface area is 92.0 Å². The van der Waals surface area contributed by atoms with Crippen LogP contribution in [0.5, 0.6) is 0 Å². The Morgan fingerprint density at radius 2 is 2.00 bits per heavy atom. The smallest absolute Gasteiger partial charge is 0.194 e. The molecule has 0 saturated heterocycles. The molecule has 0 saturated carbocycles. The third kappa shape index (κ3) is 1.95. The van der Waals surface area contributed by atoms with E-state index in [2.05, 4.69) is 10.2 Å². The molecule has 0 atom stereocenters. The number of rotatable bonds is 2. The number of nitrogens with zero attached hydrogens (tertiary/aromatic N) is 2. The number of hydrogen-bond donors (Lipinski definition) is 0. The molecule has 0 amide bonds. The third-order valence-electron chi connectivity index (χ3n) is 2.27. The number of carbonyl (C=O) groups excluding carboxylic acids is 1. The second-order valence-corrected chi connectivity index (χ2v) is 3.42. The van der Waals surface area contributed by atoms with Gasteiger partial charge in [0.05, 0.1) is 12.4 Å². The van der Waals surface area contributed by atoms with Crippen molar-refractivity contribution in [2.75, 3.05) is 0 Å². The lowest BCUT2D eigenvalue weighted by molar-refractivity contribution is 0.103. The van der Waals surface area contributed by atoms with Gasteiger partial charge in [0.25, 0.3) is 0 Å². The fourth-order valence-corrected chi connectivity index (χ4v) is 1.38. The first kappa shape index (κ1) is 10.4. The molecule has 0 bridgehead atoms. The van der Waals surface area contributed by atoms with Gasteiger partial charge in [0.1, 0.15) is 5.82 Å². The van der Waals surface area contributed by atoms with Gasteiger partial charge in [0, 0.05) is 11.1 Å². The van der Waals surface area contributed by atoms with Crippen molar-refractivity contribution in [2.45, 2.75) is 6.92 Å². The fourth-order valence-electron chi connectivity index (χ4n) is 1.38. The van der Waals surface area contributed by atoms with Gasteiger partial charge >= 0.3 is 0 Å². The van der Waals surface area contributed by atoms with Crippen molar-refractivity contribution in [3.8, 4) is 0 Å². The highest BCUT2D eigenvalue weighted by Gasteiger charge is 2.10. The summed E-state index contributed by atoms with van der Waals surface area (Å²) in [6, 6.07) is 5.86. The van der Waals surface area contributed by atoms with Crippen molar-refractivity contribution in [3.05, 3.63) is 59.2 Å². The average molecular weight is 216 g/mol. The lowest BCUT2D eigenvalue weighted by Crippen LogP contribution is -2.03. The molecular formula is C12H9FN2O. The Hall–Kier alpha value is -2.10. The van der Waals surface area contributed by atoms with Gasteiger partial charge in [0.2, 0.25) is 0 Å². The summed E-state index contributed by atoms with van der Waals surface area (Å²) in [6.07, 6.45) is 2.84. The Bertz CT molecular complexity index is 526. The van der Waals surface area contributed by atoms with Gasteiger partial charge in [-0.15, -0.1) is 0 Å². The van der Waals surface area contributed by atoms with Gasteiger partial charge in [-0.25, -0.2) is 4.39 Å². The molecule has 1 aromatic heterocycles. The molecule has 1 heterocycles. The van der Waals surface area contributed by atoms with E-state index in [1.165, 1.54) is 30.6 Å². The van der Waals surface area contributed by atoms with E-state index in [0.29, 0.717) is 16.7 Å². The molecule has 0 unspecified atom stereocenters.